The molecule has 0 aromatic heterocycles. The Balaban J connectivity index is 4.90. The van der Waals surface area contributed by atoms with Gasteiger partial charge in [-0.1, -0.05) is 0 Å². The number of carbonyl (C=O) groups excluding carboxylic acids is 3. The molecule has 0 saturated carbocycles. The molecule has 0 spiro atoms. The quantitative estimate of drug-likeness (QED) is 0.0682. The standard InChI is InChI=1S/C19H37N7O5S2/c1-11(24-16(28)12(20)5-4-8-23-19(21)22)15(27)25-13(6-9-32-2)17(29)26-14(18(30)31)7-10-33-3/h11-14H,4-10,20H2,1-3H3,(H,24,28)(H,25,27)(H,26,29)(H,30,31)(H4,21,22,23). The lowest BCUT2D eigenvalue weighted by Gasteiger charge is -2.23. The Morgan fingerprint density at radius 3 is 1.94 bits per heavy atom. The van der Waals surface area contributed by atoms with E-state index in [4.69, 9.17) is 17.2 Å². The fourth-order valence-corrected chi connectivity index (χ4v) is 3.55. The molecule has 0 aliphatic rings. The van der Waals surface area contributed by atoms with E-state index in [1.54, 1.807) is 0 Å². The van der Waals surface area contributed by atoms with Crippen molar-refractivity contribution >= 4 is 53.2 Å². The number of nitrogens with two attached hydrogens (primary N) is 3. The number of rotatable bonds is 17. The molecule has 33 heavy (non-hydrogen) atoms. The van der Waals surface area contributed by atoms with Crippen LogP contribution in [0.1, 0.15) is 32.6 Å². The second-order valence-corrected chi connectivity index (χ2v) is 9.28. The third-order valence-corrected chi connectivity index (χ3v) is 5.81. The van der Waals surface area contributed by atoms with Crippen molar-refractivity contribution in [2.45, 2.75) is 56.8 Å². The lowest BCUT2D eigenvalue weighted by molar-refractivity contribution is -0.142. The van der Waals surface area contributed by atoms with Gasteiger partial charge in [0.05, 0.1) is 6.04 Å². The highest BCUT2D eigenvalue weighted by Gasteiger charge is 2.28. The van der Waals surface area contributed by atoms with Gasteiger partial charge in [0.25, 0.3) is 0 Å². The van der Waals surface area contributed by atoms with E-state index in [2.05, 4.69) is 20.9 Å². The number of carbonyl (C=O) groups is 4. The number of hydrogen-bond acceptors (Lipinski definition) is 8. The van der Waals surface area contributed by atoms with E-state index in [-0.39, 0.29) is 12.4 Å². The Morgan fingerprint density at radius 1 is 0.879 bits per heavy atom. The smallest absolute Gasteiger partial charge is 0.326 e. The first-order valence-corrected chi connectivity index (χ1v) is 13.2. The number of nitrogens with one attached hydrogen (secondary N) is 3. The second kappa shape index (κ2) is 17.3. The highest BCUT2D eigenvalue weighted by Crippen LogP contribution is 2.05. The summed E-state index contributed by atoms with van der Waals surface area (Å²) in [5.74, 6) is -1.72. The van der Waals surface area contributed by atoms with Crippen molar-refractivity contribution in [1.82, 2.24) is 16.0 Å². The Morgan fingerprint density at radius 2 is 1.42 bits per heavy atom. The summed E-state index contributed by atoms with van der Waals surface area (Å²) in [4.78, 5) is 52.7. The number of amides is 3. The number of carboxylic acids is 1. The molecule has 3 amide bonds. The number of guanidine groups is 1. The first kappa shape index (κ1) is 30.8. The SMILES string of the molecule is CSCCC(NC(=O)C(CCSC)NC(=O)C(C)NC(=O)C(N)CCCN=C(N)N)C(=O)O. The fraction of sp³-hybridized carbons (Fsp3) is 0.737. The number of hydrogen-bond donors (Lipinski definition) is 7. The summed E-state index contributed by atoms with van der Waals surface area (Å²) in [6.45, 7) is 1.81. The van der Waals surface area contributed by atoms with Crippen LogP contribution in [0.15, 0.2) is 4.99 Å². The average Bonchev–Trinajstić information content (AvgIpc) is 2.75. The molecule has 10 N–H and O–H groups in total. The van der Waals surface area contributed by atoms with Gasteiger partial charge in [-0.25, -0.2) is 4.79 Å². The molecular formula is C19H37N7O5S2. The molecule has 0 aliphatic heterocycles. The molecule has 190 valence electrons. The molecule has 0 bridgehead atoms. The van der Waals surface area contributed by atoms with Crippen molar-refractivity contribution < 1.29 is 24.3 Å². The van der Waals surface area contributed by atoms with Crippen molar-refractivity contribution in [1.29, 1.82) is 0 Å². The zero-order valence-electron chi connectivity index (χ0n) is 19.3. The van der Waals surface area contributed by atoms with Gasteiger partial charge in [0, 0.05) is 6.54 Å². The molecule has 0 aliphatic carbocycles. The van der Waals surface area contributed by atoms with Gasteiger partial charge in [0.1, 0.15) is 18.1 Å². The molecule has 0 heterocycles. The number of aliphatic carboxylic acids is 1. The van der Waals surface area contributed by atoms with E-state index < -0.39 is 47.9 Å². The molecular weight excluding hydrogens is 470 g/mol. The monoisotopic (exact) mass is 507 g/mol. The predicted molar refractivity (Wildman–Crippen MR) is 133 cm³/mol. The van der Waals surface area contributed by atoms with Gasteiger partial charge in [-0.05, 0) is 56.6 Å². The topological polar surface area (TPSA) is 215 Å². The van der Waals surface area contributed by atoms with Gasteiger partial charge in [0.2, 0.25) is 17.7 Å². The Hall–Kier alpha value is -2.19. The van der Waals surface area contributed by atoms with Crippen LogP contribution in [0.4, 0.5) is 0 Å². The van der Waals surface area contributed by atoms with Crippen molar-refractivity contribution in [3.63, 3.8) is 0 Å². The zero-order valence-corrected chi connectivity index (χ0v) is 21.0. The molecule has 0 aromatic rings. The van der Waals surface area contributed by atoms with Crippen LogP contribution in [0.5, 0.6) is 0 Å². The summed E-state index contributed by atoms with van der Waals surface area (Å²) in [7, 11) is 0. The maximum atomic E-state index is 12.7. The van der Waals surface area contributed by atoms with Crippen molar-refractivity contribution in [2.75, 3.05) is 30.6 Å². The van der Waals surface area contributed by atoms with Crippen LogP contribution in [-0.2, 0) is 19.2 Å². The lowest BCUT2D eigenvalue weighted by atomic mass is 10.1. The van der Waals surface area contributed by atoms with E-state index in [9.17, 15) is 24.3 Å². The van der Waals surface area contributed by atoms with E-state index in [1.165, 1.54) is 30.4 Å². The number of carboxylic acid groups (broad SMARTS) is 1. The molecule has 14 heteroatoms. The molecule has 12 nitrogen and oxygen atoms in total. The van der Waals surface area contributed by atoms with E-state index in [0.29, 0.717) is 37.3 Å². The minimum atomic E-state index is -1.14. The third kappa shape index (κ3) is 13.8. The lowest BCUT2D eigenvalue weighted by Crippen LogP contribution is -2.56. The van der Waals surface area contributed by atoms with Gasteiger partial charge < -0.3 is 38.3 Å². The molecule has 0 rings (SSSR count). The molecule has 0 radical (unpaired) electrons. The Labute approximate surface area is 203 Å². The van der Waals surface area contributed by atoms with E-state index in [1.807, 2.05) is 12.5 Å². The first-order valence-electron chi connectivity index (χ1n) is 10.5. The van der Waals surface area contributed by atoms with Crippen LogP contribution >= 0.6 is 23.5 Å². The van der Waals surface area contributed by atoms with Gasteiger partial charge in [0.15, 0.2) is 5.96 Å². The van der Waals surface area contributed by atoms with E-state index >= 15 is 0 Å². The fourth-order valence-electron chi connectivity index (χ4n) is 2.60. The van der Waals surface area contributed by atoms with Gasteiger partial charge in [-0.3, -0.25) is 19.4 Å². The summed E-state index contributed by atoms with van der Waals surface area (Å²) >= 11 is 2.96. The van der Waals surface area contributed by atoms with Crippen molar-refractivity contribution in [3.8, 4) is 0 Å². The molecule has 0 fully saturated rings. The highest BCUT2D eigenvalue weighted by atomic mass is 32.2. The summed E-state index contributed by atoms with van der Waals surface area (Å²) in [6, 6.07) is -3.78. The van der Waals surface area contributed by atoms with Crippen molar-refractivity contribution in [3.05, 3.63) is 0 Å². The van der Waals surface area contributed by atoms with Crippen LogP contribution in [-0.4, -0.2) is 89.5 Å². The van der Waals surface area contributed by atoms with Crippen LogP contribution in [0.2, 0.25) is 0 Å². The normalized spacial score (nSPS) is 14.3. The Bertz CT molecular complexity index is 677. The number of nitrogens with zero attached hydrogens (tertiary/aromatic N) is 1. The zero-order chi connectivity index (χ0) is 25.4. The highest BCUT2D eigenvalue weighted by molar-refractivity contribution is 7.98. The second-order valence-electron chi connectivity index (χ2n) is 7.31. The van der Waals surface area contributed by atoms with Gasteiger partial charge in [-0.2, -0.15) is 23.5 Å². The van der Waals surface area contributed by atoms with Crippen molar-refractivity contribution in [2.24, 2.45) is 22.2 Å². The molecule has 0 aromatic carbocycles. The number of aliphatic imine (C=N–C) groups is 1. The Kier molecular flexibility index (Phi) is 16.2. The maximum absolute atomic E-state index is 12.7. The molecule has 4 atom stereocenters. The average molecular weight is 508 g/mol. The van der Waals surface area contributed by atoms with Crippen LogP contribution in [0.25, 0.3) is 0 Å². The summed E-state index contributed by atoms with van der Waals surface area (Å²) in [5.41, 5.74) is 16.3. The summed E-state index contributed by atoms with van der Waals surface area (Å²) in [6.07, 6.45) is 5.08. The number of thioether (sulfide) groups is 2. The van der Waals surface area contributed by atoms with Gasteiger partial charge >= 0.3 is 5.97 Å². The minimum absolute atomic E-state index is 0.0442. The van der Waals surface area contributed by atoms with Crippen LogP contribution < -0.4 is 33.2 Å². The first-order chi connectivity index (χ1) is 15.5. The van der Waals surface area contributed by atoms with Crippen LogP contribution in [0, 0.1) is 0 Å². The third-order valence-electron chi connectivity index (χ3n) is 4.53. The maximum Gasteiger partial charge on any atom is 0.326 e. The van der Waals surface area contributed by atoms with E-state index in [0.717, 1.165) is 0 Å². The summed E-state index contributed by atoms with van der Waals surface area (Å²) < 4.78 is 0. The predicted octanol–water partition coefficient (Wildman–Crippen LogP) is -1.57. The van der Waals surface area contributed by atoms with Gasteiger partial charge in [-0.15, -0.1) is 0 Å². The minimum Gasteiger partial charge on any atom is -0.480 e. The largest absolute Gasteiger partial charge is 0.480 e. The molecule has 4 unspecified atom stereocenters. The van der Waals surface area contributed by atoms with Crippen LogP contribution in [0.3, 0.4) is 0 Å². The molecule has 0 saturated heterocycles. The summed E-state index contributed by atoms with van der Waals surface area (Å²) in [5, 5.41) is 16.9.